The zero-order valence-corrected chi connectivity index (χ0v) is 9.99. The van der Waals surface area contributed by atoms with Crippen LogP contribution in [0.1, 0.15) is 17.1 Å². The van der Waals surface area contributed by atoms with Gasteiger partial charge in [-0.2, -0.15) is 13.2 Å². The summed E-state index contributed by atoms with van der Waals surface area (Å²) in [5.74, 6) is -1.08. The van der Waals surface area contributed by atoms with Gasteiger partial charge in [-0.15, -0.1) is 11.3 Å². The molecule has 0 aliphatic rings. The van der Waals surface area contributed by atoms with E-state index in [1.165, 1.54) is 18.3 Å². The van der Waals surface area contributed by atoms with Gasteiger partial charge in [-0.3, -0.25) is 0 Å². The van der Waals surface area contributed by atoms with Crippen LogP contribution in [0.3, 0.4) is 0 Å². The van der Waals surface area contributed by atoms with Crippen LogP contribution >= 0.6 is 11.3 Å². The summed E-state index contributed by atoms with van der Waals surface area (Å²) >= 11 is 1.37. The number of rotatable bonds is 1. The van der Waals surface area contributed by atoms with Crippen molar-refractivity contribution in [2.45, 2.75) is 20.0 Å². The molecule has 0 N–H and O–H groups in total. The van der Waals surface area contributed by atoms with Crippen molar-refractivity contribution in [3.8, 4) is 10.6 Å². The van der Waals surface area contributed by atoms with Gasteiger partial charge in [-0.05, 0) is 36.9 Å². The summed E-state index contributed by atoms with van der Waals surface area (Å²) in [4.78, 5) is 7.75. The first-order valence-corrected chi connectivity index (χ1v) is 5.73. The van der Waals surface area contributed by atoms with E-state index in [2.05, 4.69) is 9.97 Å². The van der Waals surface area contributed by atoms with Crippen LogP contribution in [0.25, 0.3) is 10.6 Å². The van der Waals surface area contributed by atoms with Crippen LogP contribution in [-0.2, 0) is 6.18 Å². The van der Waals surface area contributed by atoms with E-state index in [0.717, 1.165) is 10.4 Å². The van der Waals surface area contributed by atoms with Crippen molar-refractivity contribution >= 4 is 11.3 Å². The molecule has 0 aliphatic carbocycles. The summed E-state index contributed by atoms with van der Waals surface area (Å²) in [7, 11) is 0. The number of hydrogen-bond donors (Lipinski definition) is 0. The summed E-state index contributed by atoms with van der Waals surface area (Å²) in [6.45, 7) is 3.37. The van der Waals surface area contributed by atoms with Crippen molar-refractivity contribution in [3.05, 3.63) is 34.6 Å². The number of halogens is 3. The number of aryl methyl sites for hydroxylation is 2. The van der Waals surface area contributed by atoms with E-state index in [1.807, 2.05) is 18.4 Å². The molecule has 17 heavy (non-hydrogen) atoms. The standard InChI is InChI=1S/C11H9F3N2S/c1-6-3-4-17-9(6)8-5-7(2)15-10(16-8)11(12,13)14/h3-5H,1-2H3. The highest BCUT2D eigenvalue weighted by atomic mass is 32.1. The molecule has 0 aromatic carbocycles. The molecule has 0 aliphatic heterocycles. The Labute approximate surface area is 100 Å². The largest absolute Gasteiger partial charge is 0.451 e. The van der Waals surface area contributed by atoms with Gasteiger partial charge >= 0.3 is 6.18 Å². The van der Waals surface area contributed by atoms with Crippen LogP contribution in [0.15, 0.2) is 17.5 Å². The Kier molecular flexibility index (Phi) is 2.91. The van der Waals surface area contributed by atoms with E-state index in [1.54, 1.807) is 6.07 Å². The van der Waals surface area contributed by atoms with Crippen molar-refractivity contribution < 1.29 is 13.2 Å². The van der Waals surface area contributed by atoms with Crippen molar-refractivity contribution in [1.82, 2.24) is 9.97 Å². The maximum atomic E-state index is 12.6. The van der Waals surface area contributed by atoms with E-state index in [-0.39, 0.29) is 0 Å². The second kappa shape index (κ2) is 4.10. The van der Waals surface area contributed by atoms with Crippen LogP contribution < -0.4 is 0 Å². The van der Waals surface area contributed by atoms with Gasteiger partial charge in [0.1, 0.15) is 0 Å². The first-order chi connectivity index (χ1) is 7.88. The maximum Gasteiger partial charge on any atom is 0.451 e. The molecule has 2 heterocycles. The zero-order chi connectivity index (χ0) is 12.6. The molecular weight excluding hydrogens is 249 g/mol. The molecule has 0 unspecified atom stereocenters. The molecule has 0 radical (unpaired) electrons. The Balaban J connectivity index is 2.57. The van der Waals surface area contributed by atoms with Gasteiger partial charge < -0.3 is 0 Å². The highest BCUT2D eigenvalue weighted by Gasteiger charge is 2.35. The molecule has 2 nitrogen and oxygen atoms in total. The van der Waals surface area contributed by atoms with E-state index < -0.39 is 12.0 Å². The predicted molar refractivity (Wildman–Crippen MR) is 59.8 cm³/mol. The molecule has 0 saturated carbocycles. The Bertz CT molecular complexity index is 546. The highest BCUT2D eigenvalue weighted by Crippen LogP contribution is 2.31. The summed E-state index contributed by atoms with van der Waals surface area (Å²) in [5, 5.41) is 1.83. The minimum absolute atomic E-state index is 0.315. The Morgan fingerprint density at radius 1 is 1.18 bits per heavy atom. The number of aromatic nitrogens is 2. The molecule has 0 saturated heterocycles. The molecular formula is C11H9F3N2S. The summed E-state index contributed by atoms with van der Waals surface area (Å²) in [5.41, 5.74) is 1.56. The molecule has 90 valence electrons. The first kappa shape index (κ1) is 12.0. The normalized spacial score (nSPS) is 11.8. The van der Waals surface area contributed by atoms with Gasteiger partial charge in [-0.1, -0.05) is 0 Å². The fraction of sp³-hybridized carbons (Fsp3) is 0.273. The Morgan fingerprint density at radius 2 is 1.88 bits per heavy atom. The molecule has 2 aromatic heterocycles. The van der Waals surface area contributed by atoms with Crippen LogP contribution in [0.2, 0.25) is 0 Å². The van der Waals surface area contributed by atoms with Crippen molar-refractivity contribution in [3.63, 3.8) is 0 Å². The lowest BCUT2D eigenvalue weighted by Crippen LogP contribution is -2.12. The monoisotopic (exact) mass is 258 g/mol. The van der Waals surface area contributed by atoms with Gasteiger partial charge in [0, 0.05) is 5.69 Å². The summed E-state index contributed by atoms with van der Waals surface area (Å²) in [6, 6.07) is 3.42. The molecule has 6 heteroatoms. The highest BCUT2D eigenvalue weighted by molar-refractivity contribution is 7.13. The van der Waals surface area contributed by atoms with Crippen molar-refractivity contribution in [1.29, 1.82) is 0 Å². The second-order valence-electron chi connectivity index (χ2n) is 3.65. The Hall–Kier alpha value is -1.43. The van der Waals surface area contributed by atoms with Gasteiger partial charge in [0.05, 0.1) is 10.6 Å². The summed E-state index contributed by atoms with van der Waals surface area (Å²) in [6.07, 6.45) is -4.51. The molecule has 2 rings (SSSR count). The Morgan fingerprint density at radius 3 is 2.41 bits per heavy atom. The minimum atomic E-state index is -4.51. The molecule has 0 amide bonds. The summed E-state index contributed by atoms with van der Waals surface area (Å²) < 4.78 is 37.7. The van der Waals surface area contributed by atoms with E-state index in [9.17, 15) is 13.2 Å². The third-order valence-corrected chi connectivity index (χ3v) is 3.24. The fourth-order valence-electron chi connectivity index (χ4n) is 1.45. The molecule has 0 fully saturated rings. The van der Waals surface area contributed by atoms with Crippen LogP contribution in [0.4, 0.5) is 13.2 Å². The van der Waals surface area contributed by atoms with E-state index in [0.29, 0.717) is 11.4 Å². The average Bonchev–Trinajstić information content (AvgIpc) is 2.62. The smallest absolute Gasteiger partial charge is 0.230 e. The lowest BCUT2D eigenvalue weighted by Gasteiger charge is -2.08. The van der Waals surface area contributed by atoms with E-state index >= 15 is 0 Å². The van der Waals surface area contributed by atoms with Gasteiger partial charge in [-0.25, -0.2) is 9.97 Å². The van der Waals surface area contributed by atoms with Crippen LogP contribution in [-0.4, -0.2) is 9.97 Å². The van der Waals surface area contributed by atoms with Gasteiger partial charge in [0.15, 0.2) is 0 Å². The van der Waals surface area contributed by atoms with Crippen LogP contribution in [0, 0.1) is 13.8 Å². The third-order valence-electron chi connectivity index (χ3n) is 2.20. The van der Waals surface area contributed by atoms with Crippen molar-refractivity contribution in [2.75, 3.05) is 0 Å². The topological polar surface area (TPSA) is 25.8 Å². The number of nitrogens with zero attached hydrogens (tertiary/aromatic N) is 2. The fourth-order valence-corrected chi connectivity index (χ4v) is 2.33. The lowest BCUT2D eigenvalue weighted by molar-refractivity contribution is -0.145. The van der Waals surface area contributed by atoms with E-state index in [4.69, 9.17) is 0 Å². The van der Waals surface area contributed by atoms with Crippen molar-refractivity contribution in [2.24, 2.45) is 0 Å². The second-order valence-corrected chi connectivity index (χ2v) is 4.56. The first-order valence-electron chi connectivity index (χ1n) is 4.85. The molecule has 2 aromatic rings. The number of alkyl halides is 3. The predicted octanol–water partition coefficient (Wildman–Crippen LogP) is 3.84. The zero-order valence-electron chi connectivity index (χ0n) is 9.17. The van der Waals surface area contributed by atoms with Gasteiger partial charge in [0.25, 0.3) is 0 Å². The van der Waals surface area contributed by atoms with Gasteiger partial charge in [0.2, 0.25) is 5.82 Å². The quantitative estimate of drug-likeness (QED) is 0.776. The third kappa shape index (κ3) is 2.46. The number of thiophene rings is 1. The molecule has 0 spiro atoms. The number of hydrogen-bond acceptors (Lipinski definition) is 3. The lowest BCUT2D eigenvalue weighted by atomic mass is 10.2. The molecule has 0 bridgehead atoms. The van der Waals surface area contributed by atoms with Crippen LogP contribution in [0.5, 0.6) is 0 Å². The minimum Gasteiger partial charge on any atom is -0.230 e. The molecule has 0 atom stereocenters. The maximum absolute atomic E-state index is 12.6. The SMILES string of the molecule is Cc1cc(-c2sccc2C)nc(C(F)(F)F)n1. The average molecular weight is 258 g/mol.